The molecule has 1 amide bonds. The van der Waals surface area contributed by atoms with E-state index in [0.29, 0.717) is 0 Å². The summed E-state index contributed by atoms with van der Waals surface area (Å²) in [6, 6.07) is 9.21. The molecule has 0 bridgehead atoms. The SMILES string of the molecule is O=C(O)Cn1cc2c(n1)C(NC(=O)OCc1ccccc1)CCC2. The van der Waals surface area contributed by atoms with Crippen LogP contribution in [0.15, 0.2) is 36.5 Å². The molecule has 0 fully saturated rings. The number of carbonyl (C=O) groups is 2. The predicted octanol–water partition coefficient (Wildman–Crippen LogP) is 2.27. The van der Waals surface area contributed by atoms with Crippen molar-refractivity contribution in [2.75, 3.05) is 0 Å². The second-order valence-corrected chi connectivity index (χ2v) is 5.78. The minimum absolute atomic E-state index is 0.182. The zero-order chi connectivity index (χ0) is 16.9. The lowest BCUT2D eigenvalue weighted by Gasteiger charge is -2.21. The average molecular weight is 329 g/mol. The number of carboxylic acids is 1. The highest BCUT2D eigenvalue weighted by Crippen LogP contribution is 2.28. The molecule has 1 aliphatic rings. The molecule has 0 spiro atoms. The number of aryl methyl sites for hydroxylation is 1. The summed E-state index contributed by atoms with van der Waals surface area (Å²) in [5.41, 5.74) is 2.64. The van der Waals surface area contributed by atoms with Crippen molar-refractivity contribution in [1.29, 1.82) is 0 Å². The van der Waals surface area contributed by atoms with Crippen LogP contribution in [0, 0.1) is 0 Å². The minimum Gasteiger partial charge on any atom is -0.480 e. The number of fused-ring (bicyclic) bond motifs is 1. The number of rotatable bonds is 5. The highest BCUT2D eigenvalue weighted by molar-refractivity contribution is 5.68. The molecule has 126 valence electrons. The van der Waals surface area contributed by atoms with Gasteiger partial charge >= 0.3 is 12.1 Å². The van der Waals surface area contributed by atoms with E-state index < -0.39 is 12.1 Å². The van der Waals surface area contributed by atoms with Gasteiger partial charge in [-0.05, 0) is 30.4 Å². The number of hydrogen-bond donors (Lipinski definition) is 2. The number of hydrogen-bond acceptors (Lipinski definition) is 4. The van der Waals surface area contributed by atoms with Gasteiger partial charge in [-0.15, -0.1) is 0 Å². The molecule has 2 N–H and O–H groups in total. The Hall–Kier alpha value is -2.83. The zero-order valence-electron chi connectivity index (χ0n) is 13.1. The average Bonchev–Trinajstić information content (AvgIpc) is 2.96. The number of aromatic nitrogens is 2. The summed E-state index contributed by atoms with van der Waals surface area (Å²) >= 11 is 0. The molecular weight excluding hydrogens is 310 g/mol. The third-order valence-electron chi connectivity index (χ3n) is 3.94. The number of carboxylic acid groups (broad SMARTS) is 1. The van der Waals surface area contributed by atoms with Crippen molar-refractivity contribution >= 4 is 12.1 Å². The van der Waals surface area contributed by atoms with Gasteiger partial charge in [0, 0.05) is 6.20 Å². The first-order valence-electron chi connectivity index (χ1n) is 7.87. The quantitative estimate of drug-likeness (QED) is 0.878. The van der Waals surface area contributed by atoms with Crippen LogP contribution in [0.4, 0.5) is 4.79 Å². The third-order valence-corrected chi connectivity index (χ3v) is 3.94. The first-order valence-corrected chi connectivity index (χ1v) is 7.87. The van der Waals surface area contributed by atoms with Crippen LogP contribution < -0.4 is 5.32 Å². The predicted molar refractivity (Wildman–Crippen MR) is 85.3 cm³/mol. The van der Waals surface area contributed by atoms with Crippen molar-refractivity contribution < 1.29 is 19.4 Å². The number of ether oxygens (including phenoxy) is 1. The van der Waals surface area contributed by atoms with Crippen molar-refractivity contribution in [3.05, 3.63) is 53.3 Å². The van der Waals surface area contributed by atoms with Gasteiger partial charge in [0.15, 0.2) is 0 Å². The second kappa shape index (κ2) is 7.16. The topological polar surface area (TPSA) is 93.5 Å². The van der Waals surface area contributed by atoms with Crippen molar-refractivity contribution in [2.24, 2.45) is 0 Å². The lowest BCUT2D eigenvalue weighted by atomic mass is 9.94. The van der Waals surface area contributed by atoms with Crippen molar-refractivity contribution in [3.63, 3.8) is 0 Å². The fourth-order valence-corrected chi connectivity index (χ4v) is 2.86. The maximum absolute atomic E-state index is 12.0. The van der Waals surface area contributed by atoms with Gasteiger partial charge in [0.2, 0.25) is 0 Å². The number of benzene rings is 1. The summed E-state index contributed by atoms with van der Waals surface area (Å²) in [5.74, 6) is -0.943. The number of carbonyl (C=O) groups excluding carboxylic acids is 1. The van der Waals surface area contributed by atoms with Crippen molar-refractivity contribution in [3.8, 4) is 0 Å². The van der Waals surface area contributed by atoms with E-state index in [0.717, 1.165) is 36.1 Å². The Kier molecular flexibility index (Phi) is 4.79. The van der Waals surface area contributed by atoms with E-state index in [1.807, 2.05) is 30.3 Å². The van der Waals surface area contributed by atoms with Crippen molar-refractivity contribution in [2.45, 2.75) is 38.5 Å². The van der Waals surface area contributed by atoms with Gasteiger partial charge in [-0.2, -0.15) is 5.10 Å². The van der Waals surface area contributed by atoms with Crippen LogP contribution >= 0.6 is 0 Å². The third kappa shape index (κ3) is 3.92. The molecule has 1 unspecified atom stereocenters. The van der Waals surface area contributed by atoms with Crippen LogP contribution in [0.2, 0.25) is 0 Å². The smallest absolute Gasteiger partial charge is 0.408 e. The van der Waals surface area contributed by atoms with E-state index in [1.54, 1.807) is 6.20 Å². The van der Waals surface area contributed by atoms with E-state index in [1.165, 1.54) is 4.68 Å². The zero-order valence-corrected chi connectivity index (χ0v) is 13.1. The van der Waals surface area contributed by atoms with Crippen LogP contribution in [-0.4, -0.2) is 26.9 Å². The molecule has 1 aromatic carbocycles. The van der Waals surface area contributed by atoms with Gasteiger partial charge in [0.1, 0.15) is 13.2 Å². The Bertz CT molecular complexity index is 727. The fourth-order valence-electron chi connectivity index (χ4n) is 2.86. The highest BCUT2D eigenvalue weighted by Gasteiger charge is 2.26. The number of aliphatic carboxylic acids is 1. The first kappa shape index (κ1) is 16.0. The van der Waals surface area contributed by atoms with Gasteiger partial charge in [0.05, 0.1) is 11.7 Å². The lowest BCUT2D eigenvalue weighted by Crippen LogP contribution is -2.31. The molecule has 1 aromatic heterocycles. The van der Waals surface area contributed by atoms with Gasteiger partial charge in [-0.3, -0.25) is 9.48 Å². The van der Waals surface area contributed by atoms with Crippen LogP contribution in [0.3, 0.4) is 0 Å². The molecule has 7 heteroatoms. The number of nitrogens with one attached hydrogen (secondary N) is 1. The molecule has 7 nitrogen and oxygen atoms in total. The van der Waals surface area contributed by atoms with Gasteiger partial charge in [-0.25, -0.2) is 4.79 Å². The van der Waals surface area contributed by atoms with Crippen molar-refractivity contribution in [1.82, 2.24) is 15.1 Å². The minimum atomic E-state index is -0.943. The monoisotopic (exact) mass is 329 g/mol. The van der Waals surface area contributed by atoms with Gasteiger partial charge in [0.25, 0.3) is 0 Å². The van der Waals surface area contributed by atoms with Crippen LogP contribution in [0.5, 0.6) is 0 Å². The molecule has 3 rings (SSSR count). The van der Waals surface area contributed by atoms with E-state index >= 15 is 0 Å². The molecule has 24 heavy (non-hydrogen) atoms. The molecule has 1 heterocycles. The molecular formula is C17H19N3O4. The normalized spacial score (nSPS) is 16.2. The Labute approximate surface area is 139 Å². The summed E-state index contributed by atoms with van der Waals surface area (Å²) in [7, 11) is 0. The number of amides is 1. The second-order valence-electron chi connectivity index (χ2n) is 5.78. The Morgan fingerprint density at radius 3 is 2.88 bits per heavy atom. The Morgan fingerprint density at radius 1 is 1.33 bits per heavy atom. The maximum atomic E-state index is 12.0. The van der Waals surface area contributed by atoms with Crippen LogP contribution in [0.1, 0.15) is 35.7 Å². The van der Waals surface area contributed by atoms with Gasteiger partial charge in [-0.1, -0.05) is 30.3 Å². The largest absolute Gasteiger partial charge is 0.480 e. The molecule has 0 aliphatic heterocycles. The summed E-state index contributed by atoms with van der Waals surface area (Å²) < 4.78 is 6.64. The number of nitrogens with zero attached hydrogens (tertiary/aromatic N) is 2. The van der Waals surface area contributed by atoms with E-state index in [-0.39, 0.29) is 19.2 Å². The first-order chi connectivity index (χ1) is 11.6. The highest BCUT2D eigenvalue weighted by atomic mass is 16.5. The van der Waals surface area contributed by atoms with Gasteiger partial charge < -0.3 is 15.2 Å². The molecule has 0 saturated heterocycles. The summed E-state index contributed by atoms with van der Waals surface area (Å²) in [6.07, 6.45) is 3.76. The molecule has 1 atom stereocenters. The van der Waals surface area contributed by atoms with E-state index in [4.69, 9.17) is 9.84 Å². The molecule has 0 radical (unpaired) electrons. The van der Waals surface area contributed by atoms with Crippen LogP contribution in [0.25, 0.3) is 0 Å². The van der Waals surface area contributed by atoms with E-state index in [9.17, 15) is 9.59 Å². The molecule has 1 aliphatic carbocycles. The Balaban J connectivity index is 1.61. The lowest BCUT2D eigenvalue weighted by molar-refractivity contribution is -0.137. The summed E-state index contributed by atoms with van der Waals surface area (Å²) in [5, 5.41) is 16.0. The maximum Gasteiger partial charge on any atom is 0.408 e. The summed E-state index contributed by atoms with van der Waals surface area (Å²) in [6.45, 7) is 0.0257. The Morgan fingerprint density at radius 2 is 2.12 bits per heavy atom. The molecule has 0 saturated carbocycles. The summed E-state index contributed by atoms with van der Waals surface area (Å²) in [4.78, 5) is 22.8. The number of alkyl carbamates (subject to hydrolysis) is 1. The molecule has 2 aromatic rings. The fraction of sp³-hybridized carbons (Fsp3) is 0.353. The van der Waals surface area contributed by atoms with Crippen LogP contribution in [-0.2, 0) is 29.1 Å². The standard InChI is InChI=1S/C17H19N3O4/c21-15(22)10-20-9-13-7-4-8-14(16(13)19-20)18-17(23)24-11-12-5-2-1-3-6-12/h1-3,5-6,9,14H,4,7-8,10-11H2,(H,18,23)(H,21,22). The van der Waals surface area contributed by atoms with E-state index in [2.05, 4.69) is 10.4 Å².